The van der Waals surface area contributed by atoms with Gasteiger partial charge in [-0.3, -0.25) is 0 Å². The second-order valence-electron chi connectivity index (χ2n) is 2.80. The van der Waals surface area contributed by atoms with Gasteiger partial charge < -0.3 is 14.9 Å². The van der Waals surface area contributed by atoms with Crippen LogP contribution in [0.1, 0.15) is 16.2 Å². The maximum Gasteiger partial charge on any atom is 0.573 e. The SMILES string of the molecule is O=C(O)c1nc(CBr)cc(OC(F)(F)F)c1O. The molecule has 9 heteroatoms. The van der Waals surface area contributed by atoms with Gasteiger partial charge in [0.1, 0.15) is 0 Å². The van der Waals surface area contributed by atoms with Gasteiger partial charge in [-0.15, -0.1) is 13.2 Å². The number of aromatic hydroxyl groups is 1. The number of alkyl halides is 4. The highest BCUT2D eigenvalue weighted by Gasteiger charge is 2.33. The number of carboxylic acids is 1. The van der Waals surface area contributed by atoms with E-state index in [9.17, 15) is 23.1 Å². The summed E-state index contributed by atoms with van der Waals surface area (Å²) < 4.78 is 39.4. The zero-order valence-corrected chi connectivity index (χ0v) is 9.54. The molecule has 5 nitrogen and oxygen atoms in total. The molecule has 0 amide bonds. The number of hydrogen-bond acceptors (Lipinski definition) is 4. The molecule has 94 valence electrons. The molecule has 1 aromatic heterocycles. The number of rotatable bonds is 3. The third-order valence-corrected chi connectivity index (χ3v) is 2.15. The Balaban J connectivity index is 3.29. The second kappa shape index (κ2) is 4.78. The van der Waals surface area contributed by atoms with Gasteiger partial charge in [-0.25, -0.2) is 9.78 Å². The van der Waals surface area contributed by atoms with E-state index in [-0.39, 0.29) is 11.0 Å². The van der Waals surface area contributed by atoms with Crippen LogP contribution in [0.5, 0.6) is 11.5 Å². The van der Waals surface area contributed by atoms with Gasteiger partial charge in [-0.1, -0.05) is 15.9 Å². The average molecular weight is 316 g/mol. The molecule has 0 aliphatic carbocycles. The van der Waals surface area contributed by atoms with E-state index in [0.29, 0.717) is 0 Å². The van der Waals surface area contributed by atoms with Crippen molar-refractivity contribution in [3.8, 4) is 11.5 Å². The first-order valence-corrected chi connectivity index (χ1v) is 5.14. The Morgan fingerprint density at radius 1 is 1.53 bits per heavy atom. The molecule has 0 spiro atoms. The Labute approximate surface area is 101 Å². The van der Waals surface area contributed by atoms with Crippen LogP contribution in [-0.4, -0.2) is 27.5 Å². The van der Waals surface area contributed by atoms with Crippen molar-refractivity contribution >= 4 is 21.9 Å². The number of ether oxygens (including phenoxy) is 1. The number of aromatic nitrogens is 1. The van der Waals surface area contributed by atoms with Gasteiger partial charge in [0.05, 0.1) is 5.69 Å². The van der Waals surface area contributed by atoms with Gasteiger partial charge in [0.2, 0.25) is 0 Å². The Morgan fingerprint density at radius 2 is 2.12 bits per heavy atom. The fraction of sp³-hybridized carbons (Fsp3) is 0.250. The number of hydrogen-bond donors (Lipinski definition) is 2. The molecule has 0 atom stereocenters. The fourth-order valence-electron chi connectivity index (χ4n) is 0.985. The average Bonchev–Trinajstić information content (AvgIpc) is 2.18. The number of carboxylic acid groups (broad SMARTS) is 1. The van der Waals surface area contributed by atoms with E-state index in [1.54, 1.807) is 0 Å². The molecule has 0 radical (unpaired) electrons. The molecule has 0 saturated carbocycles. The van der Waals surface area contributed by atoms with Gasteiger partial charge in [0, 0.05) is 11.4 Å². The van der Waals surface area contributed by atoms with Crippen LogP contribution in [0, 0.1) is 0 Å². The lowest BCUT2D eigenvalue weighted by Crippen LogP contribution is -2.18. The van der Waals surface area contributed by atoms with Crippen LogP contribution in [0.3, 0.4) is 0 Å². The summed E-state index contributed by atoms with van der Waals surface area (Å²) in [4.78, 5) is 14.1. The molecular formula is C8H5BrF3NO4. The normalized spacial score (nSPS) is 11.3. The van der Waals surface area contributed by atoms with Crippen molar-refractivity contribution in [3.63, 3.8) is 0 Å². The summed E-state index contributed by atoms with van der Waals surface area (Å²) in [6.07, 6.45) is -5.03. The summed E-state index contributed by atoms with van der Waals surface area (Å²) in [5.41, 5.74) is -0.916. The highest BCUT2D eigenvalue weighted by atomic mass is 79.9. The molecule has 0 bridgehead atoms. The molecule has 0 aliphatic rings. The van der Waals surface area contributed by atoms with E-state index in [0.717, 1.165) is 6.07 Å². The Hall–Kier alpha value is -1.51. The monoisotopic (exact) mass is 315 g/mol. The van der Waals surface area contributed by atoms with Crippen molar-refractivity contribution in [2.45, 2.75) is 11.7 Å². The molecule has 2 N–H and O–H groups in total. The number of carbonyl (C=O) groups is 1. The highest BCUT2D eigenvalue weighted by Crippen LogP contribution is 2.34. The minimum Gasteiger partial charge on any atom is -0.503 e. The molecule has 1 aromatic rings. The van der Waals surface area contributed by atoms with Gasteiger partial charge in [-0.05, 0) is 0 Å². The lowest BCUT2D eigenvalue weighted by molar-refractivity contribution is -0.275. The van der Waals surface area contributed by atoms with Gasteiger partial charge in [0.15, 0.2) is 17.2 Å². The lowest BCUT2D eigenvalue weighted by Gasteiger charge is -2.12. The molecule has 1 rings (SSSR count). The largest absolute Gasteiger partial charge is 0.573 e. The van der Waals surface area contributed by atoms with Crippen LogP contribution >= 0.6 is 15.9 Å². The minimum atomic E-state index is -5.03. The molecule has 0 unspecified atom stereocenters. The lowest BCUT2D eigenvalue weighted by atomic mass is 10.2. The Kier molecular flexibility index (Phi) is 3.81. The third-order valence-electron chi connectivity index (χ3n) is 1.58. The van der Waals surface area contributed by atoms with Crippen LogP contribution in [0.25, 0.3) is 0 Å². The van der Waals surface area contributed by atoms with Crippen molar-refractivity contribution in [1.29, 1.82) is 0 Å². The van der Waals surface area contributed by atoms with Crippen LogP contribution in [0.4, 0.5) is 13.2 Å². The molecule has 1 heterocycles. The summed E-state index contributed by atoms with van der Waals surface area (Å²) in [7, 11) is 0. The topological polar surface area (TPSA) is 79.7 Å². The summed E-state index contributed by atoms with van der Waals surface area (Å²) in [5, 5.41) is 17.9. The Bertz CT molecular complexity index is 449. The molecule has 0 aromatic carbocycles. The third kappa shape index (κ3) is 3.48. The van der Waals surface area contributed by atoms with E-state index in [4.69, 9.17) is 5.11 Å². The molecule has 0 aliphatic heterocycles. The van der Waals surface area contributed by atoms with Crippen molar-refractivity contribution in [2.75, 3.05) is 0 Å². The van der Waals surface area contributed by atoms with E-state index < -0.39 is 29.5 Å². The maximum atomic E-state index is 12.0. The van der Waals surface area contributed by atoms with Crippen molar-refractivity contribution < 1.29 is 32.9 Å². The molecule has 0 fully saturated rings. The van der Waals surface area contributed by atoms with Crippen LogP contribution in [0.15, 0.2) is 6.07 Å². The summed E-state index contributed by atoms with van der Waals surface area (Å²) in [6, 6.07) is 0.796. The first-order chi connectivity index (χ1) is 7.74. The van der Waals surface area contributed by atoms with Gasteiger partial charge >= 0.3 is 12.3 Å². The summed E-state index contributed by atoms with van der Waals surface area (Å²) in [6.45, 7) is 0. The fourth-order valence-corrected chi connectivity index (χ4v) is 1.27. The quantitative estimate of drug-likeness (QED) is 0.836. The zero-order valence-electron chi connectivity index (χ0n) is 7.95. The van der Waals surface area contributed by atoms with Crippen molar-refractivity contribution in [1.82, 2.24) is 4.98 Å². The Morgan fingerprint density at radius 3 is 2.53 bits per heavy atom. The molecule has 0 saturated heterocycles. The predicted octanol–water partition coefficient (Wildman–Crippen LogP) is 2.28. The van der Waals surface area contributed by atoms with Gasteiger partial charge in [0.25, 0.3) is 0 Å². The van der Waals surface area contributed by atoms with E-state index in [1.165, 1.54) is 0 Å². The highest BCUT2D eigenvalue weighted by molar-refractivity contribution is 9.08. The summed E-state index contributed by atoms with van der Waals surface area (Å²) in [5.74, 6) is -3.82. The summed E-state index contributed by atoms with van der Waals surface area (Å²) >= 11 is 2.91. The van der Waals surface area contributed by atoms with E-state index in [1.807, 2.05) is 0 Å². The molecular weight excluding hydrogens is 311 g/mol. The smallest absolute Gasteiger partial charge is 0.503 e. The number of nitrogens with zero attached hydrogens (tertiary/aromatic N) is 1. The first-order valence-electron chi connectivity index (χ1n) is 4.02. The number of halogens is 4. The van der Waals surface area contributed by atoms with Crippen LogP contribution in [0.2, 0.25) is 0 Å². The van der Waals surface area contributed by atoms with Crippen molar-refractivity contribution in [3.05, 3.63) is 17.5 Å². The maximum absolute atomic E-state index is 12.0. The molecule has 17 heavy (non-hydrogen) atoms. The predicted molar refractivity (Wildman–Crippen MR) is 52.2 cm³/mol. The van der Waals surface area contributed by atoms with Gasteiger partial charge in [-0.2, -0.15) is 0 Å². The minimum absolute atomic E-state index is 0.0144. The zero-order chi connectivity index (χ0) is 13.2. The standard InChI is InChI=1S/C8H5BrF3NO4/c9-2-3-1-4(17-8(10,11)12)6(14)5(13-3)7(15)16/h1,14H,2H2,(H,15,16). The van der Waals surface area contributed by atoms with Crippen molar-refractivity contribution in [2.24, 2.45) is 0 Å². The van der Waals surface area contributed by atoms with Crippen LogP contribution in [-0.2, 0) is 5.33 Å². The van der Waals surface area contributed by atoms with Crippen LogP contribution < -0.4 is 4.74 Å². The van der Waals surface area contributed by atoms with E-state index in [2.05, 4.69) is 25.7 Å². The van der Waals surface area contributed by atoms with E-state index >= 15 is 0 Å². The first kappa shape index (κ1) is 13.6. The second-order valence-corrected chi connectivity index (χ2v) is 3.36. The number of aromatic carboxylic acids is 1. The number of pyridine rings is 1.